The standard InChI is InChI=1S/C19H25F2N3O7Si/c1-30-19(27)18(31-14-6-5-11(20)9-12(14)21)17(26)16-13(24(28)29)10-22-23(16)15(25)7-8-32(2,3)4/h5-6,9-10,15,17-18,25-26H,7-8H2,1-4H3. The van der Waals surface area contributed by atoms with Crippen LogP contribution < -0.4 is 4.74 Å². The van der Waals surface area contributed by atoms with E-state index in [9.17, 15) is 33.9 Å². The van der Waals surface area contributed by atoms with Crippen LogP contribution in [0.4, 0.5) is 14.5 Å². The lowest BCUT2D eigenvalue weighted by Gasteiger charge is -2.24. The van der Waals surface area contributed by atoms with E-state index in [2.05, 4.69) is 29.5 Å². The van der Waals surface area contributed by atoms with Crippen molar-refractivity contribution in [1.82, 2.24) is 9.78 Å². The van der Waals surface area contributed by atoms with Gasteiger partial charge in [0, 0.05) is 14.1 Å². The third kappa shape index (κ3) is 6.08. The first-order chi connectivity index (χ1) is 14.9. The highest BCUT2D eigenvalue weighted by Crippen LogP contribution is 2.33. The van der Waals surface area contributed by atoms with Crippen molar-refractivity contribution >= 4 is 19.7 Å². The van der Waals surface area contributed by atoms with Crippen LogP contribution in [-0.4, -0.2) is 52.2 Å². The number of rotatable bonds is 10. The molecule has 0 aliphatic carbocycles. The molecule has 0 aliphatic rings. The summed E-state index contributed by atoms with van der Waals surface area (Å²) in [5.74, 6) is -3.83. The molecule has 1 aromatic carbocycles. The SMILES string of the molecule is COC(=O)C(Oc1ccc(F)cc1F)C(O)c1c([N+](=O)[O-])cnn1C(O)CC[Si](C)(C)C. The lowest BCUT2D eigenvalue weighted by atomic mass is 10.1. The second kappa shape index (κ2) is 10.1. The Morgan fingerprint density at radius 2 is 1.97 bits per heavy atom. The zero-order chi connectivity index (χ0) is 24.2. The van der Waals surface area contributed by atoms with E-state index in [0.717, 1.165) is 30.1 Å². The predicted octanol–water partition coefficient (Wildman–Crippen LogP) is 2.94. The molecule has 0 fully saturated rings. The van der Waals surface area contributed by atoms with E-state index in [1.54, 1.807) is 0 Å². The number of carbonyl (C=O) groups is 1. The number of methoxy groups -OCH3 is 1. The van der Waals surface area contributed by atoms with Crippen molar-refractivity contribution in [3.05, 3.63) is 51.8 Å². The highest BCUT2D eigenvalue weighted by molar-refractivity contribution is 6.76. The molecule has 0 spiro atoms. The molecule has 176 valence electrons. The van der Waals surface area contributed by atoms with Crippen LogP contribution in [-0.2, 0) is 9.53 Å². The summed E-state index contributed by atoms with van der Waals surface area (Å²) in [6.45, 7) is 6.21. The minimum absolute atomic E-state index is 0.199. The number of esters is 1. The topological polar surface area (TPSA) is 137 Å². The fourth-order valence-electron chi connectivity index (χ4n) is 2.92. The maximum atomic E-state index is 14.1. The molecule has 10 nitrogen and oxygen atoms in total. The van der Waals surface area contributed by atoms with Crippen molar-refractivity contribution in [2.75, 3.05) is 7.11 Å². The van der Waals surface area contributed by atoms with Crippen LogP contribution in [0.5, 0.6) is 5.75 Å². The number of nitro groups is 1. The van der Waals surface area contributed by atoms with Gasteiger partial charge < -0.3 is 19.7 Å². The van der Waals surface area contributed by atoms with E-state index >= 15 is 0 Å². The molecule has 3 atom stereocenters. The largest absolute Gasteiger partial charge is 0.472 e. The summed E-state index contributed by atoms with van der Waals surface area (Å²) in [6.07, 6.45) is -4.36. The van der Waals surface area contributed by atoms with Crippen LogP contribution in [0, 0.1) is 21.7 Å². The molecule has 0 aliphatic heterocycles. The summed E-state index contributed by atoms with van der Waals surface area (Å²) >= 11 is 0. The van der Waals surface area contributed by atoms with Crippen molar-refractivity contribution in [2.45, 2.75) is 50.5 Å². The monoisotopic (exact) mass is 473 g/mol. The van der Waals surface area contributed by atoms with E-state index in [0.29, 0.717) is 12.1 Å². The molecule has 0 bridgehead atoms. The third-order valence-electron chi connectivity index (χ3n) is 4.59. The number of ether oxygens (including phenoxy) is 2. The number of aliphatic hydroxyl groups is 2. The fourth-order valence-corrected chi connectivity index (χ4v) is 4.04. The van der Waals surface area contributed by atoms with Gasteiger partial charge in [-0.25, -0.2) is 18.3 Å². The van der Waals surface area contributed by atoms with Crippen LogP contribution in [0.3, 0.4) is 0 Å². The van der Waals surface area contributed by atoms with Gasteiger partial charge in [-0.3, -0.25) is 10.1 Å². The van der Waals surface area contributed by atoms with Gasteiger partial charge in [-0.1, -0.05) is 25.7 Å². The van der Waals surface area contributed by atoms with Crippen LogP contribution in [0.1, 0.15) is 24.4 Å². The molecule has 0 radical (unpaired) electrons. The molecular formula is C19H25F2N3O7Si. The first-order valence-corrected chi connectivity index (χ1v) is 13.3. The highest BCUT2D eigenvalue weighted by atomic mass is 28.3. The Labute approximate surface area is 183 Å². The third-order valence-corrected chi connectivity index (χ3v) is 6.38. The number of aromatic nitrogens is 2. The Bertz CT molecular complexity index is 980. The molecule has 0 amide bonds. The summed E-state index contributed by atoms with van der Waals surface area (Å²) in [4.78, 5) is 22.9. The molecule has 1 heterocycles. The van der Waals surface area contributed by atoms with Crippen LogP contribution in [0.2, 0.25) is 25.7 Å². The molecule has 32 heavy (non-hydrogen) atoms. The minimum atomic E-state index is -2.07. The minimum Gasteiger partial charge on any atom is -0.472 e. The Hall–Kier alpha value is -2.90. The van der Waals surface area contributed by atoms with E-state index < -0.39 is 66.2 Å². The molecule has 0 saturated carbocycles. The average molecular weight is 474 g/mol. The molecule has 1 aromatic heterocycles. The number of benzene rings is 1. The van der Waals surface area contributed by atoms with Gasteiger partial charge in [0.25, 0.3) is 0 Å². The highest BCUT2D eigenvalue weighted by Gasteiger charge is 2.40. The van der Waals surface area contributed by atoms with Gasteiger partial charge in [-0.15, -0.1) is 0 Å². The number of hydrogen-bond donors (Lipinski definition) is 2. The molecule has 2 N–H and O–H groups in total. The molecule has 0 saturated heterocycles. The smallest absolute Gasteiger partial charge is 0.350 e. The van der Waals surface area contributed by atoms with Gasteiger partial charge in [0.15, 0.2) is 23.4 Å². The number of hydrogen-bond acceptors (Lipinski definition) is 8. The maximum Gasteiger partial charge on any atom is 0.350 e. The fraction of sp³-hybridized carbons (Fsp3) is 0.474. The molecule has 3 unspecified atom stereocenters. The van der Waals surface area contributed by atoms with Crippen molar-refractivity contribution in [3.8, 4) is 5.75 Å². The molecule has 2 aromatic rings. The molecule has 2 rings (SSSR count). The first kappa shape index (κ1) is 25.4. The summed E-state index contributed by atoms with van der Waals surface area (Å²) in [6, 6.07) is 2.91. The number of aliphatic hydroxyl groups excluding tert-OH is 2. The molecular weight excluding hydrogens is 448 g/mol. The van der Waals surface area contributed by atoms with Crippen molar-refractivity contribution in [2.24, 2.45) is 0 Å². The Morgan fingerprint density at radius 1 is 1.31 bits per heavy atom. The Kier molecular flexibility index (Phi) is 8.04. The average Bonchev–Trinajstić information content (AvgIpc) is 3.15. The van der Waals surface area contributed by atoms with Crippen molar-refractivity contribution in [1.29, 1.82) is 0 Å². The van der Waals surface area contributed by atoms with E-state index in [-0.39, 0.29) is 6.42 Å². The second-order valence-corrected chi connectivity index (χ2v) is 13.9. The van der Waals surface area contributed by atoms with Crippen LogP contribution in [0.25, 0.3) is 0 Å². The van der Waals surface area contributed by atoms with Gasteiger partial charge in [0.05, 0.1) is 12.0 Å². The lowest BCUT2D eigenvalue weighted by molar-refractivity contribution is -0.386. The van der Waals surface area contributed by atoms with E-state index in [1.807, 2.05) is 0 Å². The predicted molar refractivity (Wildman–Crippen MR) is 111 cm³/mol. The number of halogens is 2. The summed E-state index contributed by atoms with van der Waals surface area (Å²) in [5.41, 5.74) is -1.20. The van der Waals surface area contributed by atoms with Crippen molar-refractivity contribution in [3.63, 3.8) is 0 Å². The van der Waals surface area contributed by atoms with Gasteiger partial charge in [0.2, 0.25) is 6.10 Å². The van der Waals surface area contributed by atoms with Gasteiger partial charge in [-0.05, 0) is 18.6 Å². The van der Waals surface area contributed by atoms with Gasteiger partial charge in [0.1, 0.15) is 18.2 Å². The Balaban J connectivity index is 2.47. The van der Waals surface area contributed by atoms with Gasteiger partial charge in [-0.2, -0.15) is 5.10 Å². The summed E-state index contributed by atoms with van der Waals surface area (Å²) in [5, 5.41) is 36.8. The zero-order valence-electron chi connectivity index (χ0n) is 18.0. The van der Waals surface area contributed by atoms with E-state index in [4.69, 9.17) is 4.74 Å². The second-order valence-electron chi connectivity index (χ2n) is 8.28. The lowest BCUT2D eigenvalue weighted by Crippen LogP contribution is -2.37. The summed E-state index contributed by atoms with van der Waals surface area (Å²) < 4.78 is 37.9. The molecule has 13 heteroatoms. The zero-order valence-corrected chi connectivity index (χ0v) is 19.0. The van der Waals surface area contributed by atoms with Crippen LogP contribution in [0.15, 0.2) is 24.4 Å². The number of carbonyl (C=O) groups excluding carboxylic acids is 1. The van der Waals surface area contributed by atoms with Crippen LogP contribution >= 0.6 is 0 Å². The normalized spacial score (nSPS) is 14.5. The van der Waals surface area contributed by atoms with Crippen molar-refractivity contribution < 1.29 is 38.2 Å². The first-order valence-electron chi connectivity index (χ1n) is 9.63. The van der Waals surface area contributed by atoms with E-state index in [1.165, 1.54) is 0 Å². The van der Waals surface area contributed by atoms with Gasteiger partial charge >= 0.3 is 11.7 Å². The summed E-state index contributed by atoms with van der Waals surface area (Å²) in [7, 11) is -0.615. The Morgan fingerprint density at radius 3 is 2.50 bits per heavy atom. The quantitative estimate of drug-likeness (QED) is 0.233. The number of nitrogens with zero attached hydrogens (tertiary/aromatic N) is 3. The maximum absolute atomic E-state index is 14.1.